The van der Waals surface area contributed by atoms with E-state index < -0.39 is 32.9 Å². The first-order chi connectivity index (χ1) is 10.6. The predicted octanol–water partition coefficient (Wildman–Crippen LogP) is 0.447. The summed E-state index contributed by atoms with van der Waals surface area (Å²) in [5.74, 6) is -1.38. The average molecular weight is 366 g/mol. The van der Waals surface area contributed by atoms with Crippen LogP contribution in [0.3, 0.4) is 0 Å². The van der Waals surface area contributed by atoms with Gasteiger partial charge in [0.15, 0.2) is 0 Å². The van der Waals surface area contributed by atoms with E-state index in [1.54, 1.807) is 0 Å². The highest BCUT2D eigenvalue weighted by molar-refractivity contribution is 7.85. The Labute approximate surface area is 137 Å². The number of hydrogen-bond donors (Lipinski definition) is 5. The molecule has 1 aromatic carbocycles. The topological polar surface area (TPSA) is 159 Å². The molecule has 0 spiro atoms. The number of nitrogens with two attached hydrogens (primary N) is 1. The van der Waals surface area contributed by atoms with Crippen LogP contribution < -0.4 is 16.5 Å². The Balaban J connectivity index is 2.84. The lowest BCUT2D eigenvalue weighted by molar-refractivity contribution is -0.130. The Hall–Kier alpha value is -1.72. The second-order valence-electron chi connectivity index (χ2n) is 4.73. The fourth-order valence-electron chi connectivity index (χ4n) is 1.72. The van der Waals surface area contributed by atoms with Crippen LogP contribution >= 0.6 is 11.6 Å². The van der Waals surface area contributed by atoms with E-state index in [1.165, 1.54) is 18.5 Å². The third-order valence-electron chi connectivity index (χ3n) is 2.99. The summed E-state index contributed by atoms with van der Waals surface area (Å²) in [6.45, 7) is 1.41. The summed E-state index contributed by atoms with van der Waals surface area (Å²) in [5.41, 5.74) is 6.99. The van der Waals surface area contributed by atoms with Gasteiger partial charge in [0.1, 0.15) is 4.90 Å². The van der Waals surface area contributed by atoms with E-state index in [0.717, 1.165) is 6.07 Å². The second kappa shape index (κ2) is 7.70. The number of benzene rings is 1. The fraction of sp³-hybridized carbons (Fsp3) is 0.333. The van der Waals surface area contributed by atoms with Crippen molar-refractivity contribution in [3.63, 3.8) is 0 Å². The van der Waals surface area contributed by atoms with Gasteiger partial charge in [0.2, 0.25) is 5.91 Å². The highest BCUT2D eigenvalue weighted by Crippen LogP contribution is 2.27. The zero-order chi connectivity index (χ0) is 17.8. The summed E-state index contributed by atoms with van der Waals surface area (Å²) in [4.78, 5) is 22.3. The number of amides is 2. The van der Waals surface area contributed by atoms with Gasteiger partial charge in [0, 0.05) is 17.1 Å². The Kier molecular flexibility index (Phi) is 6.47. The lowest BCUT2D eigenvalue weighted by Crippen LogP contribution is -2.39. The number of hydroxylamine groups is 1. The Morgan fingerprint density at radius 2 is 2.00 bits per heavy atom. The summed E-state index contributed by atoms with van der Waals surface area (Å²) in [5, 5.41) is 10.8. The van der Waals surface area contributed by atoms with Crippen LogP contribution in [0.15, 0.2) is 17.0 Å². The van der Waals surface area contributed by atoms with Gasteiger partial charge in [-0.3, -0.25) is 19.3 Å². The Morgan fingerprint density at radius 1 is 1.39 bits per heavy atom. The van der Waals surface area contributed by atoms with Crippen molar-refractivity contribution in [1.82, 2.24) is 5.48 Å². The quantitative estimate of drug-likeness (QED) is 0.278. The van der Waals surface area contributed by atoms with E-state index in [0.29, 0.717) is 0 Å². The molecule has 0 saturated heterocycles. The molecule has 0 fully saturated rings. The molecule has 11 heteroatoms. The van der Waals surface area contributed by atoms with Crippen LogP contribution in [-0.4, -0.2) is 36.0 Å². The normalized spacial score (nSPS) is 12.6. The molecule has 6 N–H and O–H groups in total. The SMILES string of the molecule is Cc1c(Cl)cc(NC(=O)CCC(N)C(=O)NO)cc1S(=O)(=O)O. The van der Waals surface area contributed by atoms with Gasteiger partial charge >= 0.3 is 0 Å². The van der Waals surface area contributed by atoms with Crippen LogP contribution in [0.1, 0.15) is 18.4 Å². The van der Waals surface area contributed by atoms with E-state index in [2.05, 4.69) is 5.32 Å². The van der Waals surface area contributed by atoms with E-state index in [9.17, 15) is 18.0 Å². The molecule has 23 heavy (non-hydrogen) atoms. The molecule has 128 valence electrons. The number of anilines is 1. The van der Waals surface area contributed by atoms with Crippen LogP contribution in [0, 0.1) is 6.92 Å². The second-order valence-corrected chi connectivity index (χ2v) is 6.52. The largest absolute Gasteiger partial charge is 0.326 e. The lowest BCUT2D eigenvalue weighted by atomic mass is 10.1. The number of carbonyl (C=O) groups is 2. The minimum atomic E-state index is -4.49. The van der Waals surface area contributed by atoms with Crippen molar-refractivity contribution in [2.24, 2.45) is 5.73 Å². The molecule has 0 aliphatic heterocycles. The van der Waals surface area contributed by atoms with Crippen LogP contribution in [-0.2, 0) is 19.7 Å². The zero-order valence-corrected chi connectivity index (χ0v) is 13.6. The summed E-state index contributed by atoms with van der Waals surface area (Å²) >= 11 is 5.87. The van der Waals surface area contributed by atoms with Crippen molar-refractivity contribution in [3.05, 3.63) is 22.7 Å². The standard InChI is InChI=1S/C12H16ClN3O6S/c1-6-8(13)4-7(5-10(6)23(20,21)22)15-11(17)3-2-9(14)12(18)16-19/h4-5,9,19H,2-3,14H2,1H3,(H,15,17)(H,16,18)(H,20,21,22). The number of nitrogens with one attached hydrogen (secondary N) is 2. The molecule has 1 aromatic rings. The monoisotopic (exact) mass is 365 g/mol. The summed E-state index contributed by atoms with van der Waals surface area (Å²) in [7, 11) is -4.49. The molecular weight excluding hydrogens is 350 g/mol. The van der Waals surface area contributed by atoms with E-state index >= 15 is 0 Å². The van der Waals surface area contributed by atoms with Crippen molar-refractivity contribution in [1.29, 1.82) is 0 Å². The maximum atomic E-state index is 11.8. The molecule has 0 heterocycles. The number of rotatable bonds is 6. The molecule has 0 saturated carbocycles. The number of hydrogen-bond acceptors (Lipinski definition) is 6. The van der Waals surface area contributed by atoms with Gasteiger partial charge in [-0.05, 0) is 31.0 Å². The summed E-state index contributed by atoms with van der Waals surface area (Å²) in [6, 6.07) is 1.32. The molecular formula is C12H16ClN3O6S. The molecule has 0 bridgehead atoms. The van der Waals surface area contributed by atoms with Crippen molar-refractivity contribution in [3.8, 4) is 0 Å². The smallest absolute Gasteiger partial charge is 0.294 e. The van der Waals surface area contributed by atoms with Gasteiger partial charge in [0.05, 0.1) is 6.04 Å². The molecule has 9 nitrogen and oxygen atoms in total. The van der Waals surface area contributed by atoms with Crippen molar-refractivity contribution in [2.45, 2.75) is 30.7 Å². The minimum absolute atomic E-state index is 0.0387. The third-order valence-corrected chi connectivity index (χ3v) is 4.36. The maximum Gasteiger partial charge on any atom is 0.294 e. The molecule has 0 aliphatic carbocycles. The first-order valence-electron chi connectivity index (χ1n) is 6.33. The van der Waals surface area contributed by atoms with Crippen LogP contribution in [0.5, 0.6) is 0 Å². The van der Waals surface area contributed by atoms with Gasteiger partial charge in [-0.2, -0.15) is 8.42 Å². The van der Waals surface area contributed by atoms with Crippen molar-refractivity contribution < 1.29 is 27.8 Å². The van der Waals surface area contributed by atoms with Crippen molar-refractivity contribution in [2.75, 3.05) is 5.32 Å². The molecule has 1 atom stereocenters. The molecule has 1 rings (SSSR count). The van der Waals surface area contributed by atoms with E-state index in [4.69, 9.17) is 27.1 Å². The first kappa shape index (κ1) is 19.3. The maximum absolute atomic E-state index is 11.8. The van der Waals surface area contributed by atoms with Gasteiger partial charge in [0.25, 0.3) is 16.0 Å². The Morgan fingerprint density at radius 3 is 2.52 bits per heavy atom. The highest BCUT2D eigenvalue weighted by Gasteiger charge is 2.18. The zero-order valence-electron chi connectivity index (χ0n) is 12.0. The highest BCUT2D eigenvalue weighted by atomic mass is 35.5. The lowest BCUT2D eigenvalue weighted by Gasteiger charge is -2.12. The molecule has 2 amide bonds. The van der Waals surface area contributed by atoms with Gasteiger partial charge < -0.3 is 11.1 Å². The van der Waals surface area contributed by atoms with Crippen molar-refractivity contribution >= 4 is 39.2 Å². The number of carbonyl (C=O) groups excluding carboxylic acids is 2. The fourth-order valence-corrected chi connectivity index (χ4v) is 2.77. The average Bonchev–Trinajstić information content (AvgIpc) is 2.46. The minimum Gasteiger partial charge on any atom is -0.326 e. The predicted molar refractivity (Wildman–Crippen MR) is 81.8 cm³/mol. The molecule has 0 aromatic heterocycles. The third kappa shape index (κ3) is 5.44. The Bertz CT molecular complexity index is 722. The molecule has 1 unspecified atom stereocenters. The number of halogens is 1. The molecule has 0 aliphatic rings. The molecule has 0 radical (unpaired) electrons. The van der Waals surface area contributed by atoms with Gasteiger partial charge in [-0.25, -0.2) is 5.48 Å². The van der Waals surface area contributed by atoms with Crippen LogP contribution in [0.4, 0.5) is 5.69 Å². The van der Waals surface area contributed by atoms with Gasteiger partial charge in [-0.1, -0.05) is 11.6 Å². The van der Waals surface area contributed by atoms with Crippen LogP contribution in [0.2, 0.25) is 5.02 Å². The van der Waals surface area contributed by atoms with E-state index in [1.807, 2.05) is 0 Å². The summed E-state index contributed by atoms with van der Waals surface area (Å²) in [6.07, 6.45) is -0.190. The van der Waals surface area contributed by atoms with E-state index in [-0.39, 0.29) is 29.1 Å². The summed E-state index contributed by atoms with van der Waals surface area (Å²) < 4.78 is 31.7. The van der Waals surface area contributed by atoms with Crippen LogP contribution in [0.25, 0.3) is 0 Å². The van der Waals surface area contributed by atoms with Gasteiger partial charge in [-0.15, -0.1) is 0 Å². The first-order valence-corrected chi connectivity index (χ1v) is 8.15.